The number of alkyl halides is 2. The summed E-state index contributed by atoms with van der Waals surface area (Å²) in [6, 6.07) is 0. The van der Waals surface area contributed by atoms with Crippen molar-refractivity contribution >= 4 is 35.1 Å². The molecule has 1 aliphatic carbocycles. The predicted molar refractivity (Wildman–Crippen MR) is 61.6 cm³/mol. The maximum Gasteiger partial charge on any atom is 0.323 e. The summed E-state index contributed by atoms with van der Waals surface area (Å²) in [5, 5.41) is 8.72. The van der Waals surface area contributed by atoms with Crippen molar-refractivity contribution in [3.05, 3.63) is 0 Å². The topological polar surface area (TPSA) is 57.6 Å². The number of carboxylic acids is 1. The zero-order valence-corrected chi connectivity index (χ0v) is 10.8. The number of carboxylic acid groups (broad SMARTS) is 1. The van der Waals surface area contributed by atoms with Crippen molar-refractivity contribution < 1.29 is 14.7 Å². The van der Waals surface area contributed by atoms with E-state index >= 15 is 0 Å². The molecule has 0 heterocycles. The molecule has 1 unspecified atom stereocenters. The lowest BCUT2D eigenvalue weighted by molar-refractivity contribution is -0.145. The van der Waals surface area contributed by atoms with Gasteiger partial charge in [0.2, 0.25) is 5.91 Å². The molecule has 16 heavy (non-hydrogen) atoms. The largest absolute Gasteiger partial charge is 0.480 e. The van der Waals surface area contributed by atoms with Crippen molar-refractivity contribution in [2.75, 3.05) is 13.1 Å². The Hall–Kier alpha value is -0.480. The summed E-state index contributed by atoms with van der Waals surface area (Å²) < 4.78 is -0.995. The van der Waals surface area contributed by atoms with Crippen molar-refractivity contribution in [3.63, 3.8) is 0 Å². The molecule has 0 aliphatic heterocycles. The number of amides is 1. The van der Waals surface area contributed by atoms with E-state index in [-0.39, 0.29) is 18.4 Å². The van der Waals surface area contributed by atoms with E-state index in [0.29, 0.717) is 13.0 Å². The van der Waals surface area contributed by atoms with Crippen LogP contribution in [0.4, 0.5) is 0 Å². The molecule has 1 amide bonds. The van der Waals surface area contributed by atoms with E-state index in [9.17, 15) is 9.59 Å². The van der Waals surface area contributed by atoms with Gasteiger partial charge in [-0.2, -0.15) is 0 Å². The number of nitrogens with zero attached hydrogens (tertiary/aromatic N) is 1. The Kier molecular flexibility index (Phi) is 4.07. The standard InChI is InChI=1S/C10H15Cl2NO3/c1-6(2)4-13(5-8(14)15)9(16)7-3-10(7,11)12/h6-7H,3-5H2,1-2H3,(H,14,15). The molecule has 1 atom stereocenters. The van der Waals surface area contributed by atoms with Crippen LogP contribution >= 0.6 is 23.2 Å². The van der Waals surface area contributed by atoms with E-state index in [4.69, 9.17) is 28.3 Å². The summed E-state index contributed by atoms with van der Waals surface area (Å²) in [7, 11) is 0. The van der Waals surface area contributed by atoms with Gasteiger partial charge in [0.25, 0.3) is 0 Å². The van der Waals surface area contributed by atoms with Crippen LogP contribution in [0.25, 0.3) is 0 Å². The number of rotatable bonds is 5. The van der Waals surface area contributed by atoms with Crippen molar-refractivity contribution in [2.24, 2.45) is 11.8 Å². The average molecular weight is 268 g/mol. The van der Waals surface area contributed by atoms with Crippen molar-refractivity contribution in [1.82, 2.24) is 4.90 Å². The SMILES string of the molecule is CC(C)CN(CC(=O)O)C(=O)C1CC1(Cl)Cl. The maximum absolute atomic E-state index is 11.9. The molecule has 0 spiro atoms. The minimum absolute atomic E-state index is 0.210. The maximum atomic E-state index is 11.9. The van der Waals surface area contributed by atoms with E-state index in [0.717, 1.165) is 0 Å². The quantitative estimate of drug-likeness (QED) is 0.773. The Labute approximate surface area is 105 Å². The first-order valence-corrected chi connectivity index (χ1v) is 5.88. The number of carbonyl (C=O) groups is 2. The van der Waals surface area contributed by atoms with E-state index < -0.39 is 16.2 Å². The Morgan fingerprint density at radius 3 is 2.31 bits per heavy atom. The van der Waals surface area contributed by atoms with Gasteiger partial charge in [0, 0.05) is 6.54 Å². The summed E-state index contributed by atoms with van der Waals surface area (Å²) in [5.74, 6) is -1.53. The number of halogens is 2. The van der Waals surface area contributed by atoms with Gasteiger partial charge in [-0.05, 0) is 12.3 Å². The molecule has 92 valence electrons. The average Bonchev–Trinajstić information content (AvgIpc) is 2.71. The predicted octanol–water partition coefficient (Wildman–Crippen LogP) is 1.75. The monoisotopic (exact) mass is 267 g/mol. The Morgan fingerprint density at radius 1 is 1.50 bits per heavy atom. The van der Waals surface area contributed by atoms with Crippen LogP contribution in [-0.4, -0.2) is 39.3 Å². The van der Waals surface area contributed by atoms with Crippen LogP contribution in [-0.2, 0) is 9.59 Å². The van der Waals surface area contributed by atoms with Crippen LogP contribution in [0.15, 0.2) is 0 Å². The third-order valence-electron chi connectivity index (χ3n) is 2.35. The molecule has 4 nitrogen and oxygen atoms in total. The van der Waals surface area contributed by atoms with Crippen LogP contribution in [0.5, 0.6) is 0 Å². The second-order valence-electron chi connectivity index (χ2n) is 4.52. The molecule has 1 rings (SSSR count). The van der Waals surface area contributed by atoms with Crippen LogP contribution in [0.2, 0.25) is 0 Å². The minimum atomic E-state index is -1.02. The van der Waals surface area contributed by atoms with Crippen LogP contribution < -0.4 is 0 Å². The second kappa shape index (κ2) is 4.80. The molecule has 0 saturated heterocycles. The molecule has 1 N–H and O–H groups in total. The van der Waals surface area contributed by atoms with Crippen molar-refractivity contribution in [2.45, 2.75) is 24.6 Å². The van der Waals surface area contributed by atoms with Crippen molar-refractivity contribution in [1.29, 1.82) is 0 Å². The zero-order valence-electron chi connectivity index (χ0n) is 9.24. The van der Waals surface area contributed by atoms with E-state index in [1.165, 1.54) is 4.90 Å². The Morgan fingerprint density at radius 2 is 2.00 bits per heavy atom. The highest BCUT2D eigenvalue weighted by Gasteiger charge is 2.57. The molecule has 1 saturated carbocycles. The van der Waals surface area contributed by atoms with E-state index in [2.05, 4.69) is 0 Å². The Balaban J connectivity index is 2.62. The third kappa shape index (κ3) is 3.52. The molecule has 6 heteroatoms. The zero-order chi connectivity index (χ0) is 12.5. The molecule has 1 aliphatic rings. The summed E-state index contributed by atoms with van der Waals surface area (Å²) in [6.45, 7) is 3.95. The highest BCUT2D eigenvalue weighted by atomic mass is 35.5. The van der Waals surface area contributed by atoms with Gasteiger partial charge in [-0.15, -0.1) is 23.2 Å². The lowest BCUT2D eigenvalue weighted by Gasteiger charge is -2.23. The first kappa shape index (κ1) is 13.6. The van der Waals surface area contributed by atoms with Crippen LogP contribution in [0.1, 0.15) is 20.3 Å². The van der Waals surface area contributed by atoms with Gasteiger partial charge in [-0.25, -0.2) is 0 Å². The third-order valence-corrected chi connectivity index (χ3v) is 3.18. The summed E-state index contributed by atoms with van der Waals surface area (Å²) in [4.78, 5) is 23.8. The van der Waals surface area contributed by atoms with Crippen LogP contribution in [0, 0.1) is 11.8 Å². The first-order chi connectivity index (χ1) is 7.24. The summed E-state index contributed by atoms with van der Waals surface area (Å²) in [5.41, 5.74) is 0. The molecule has 1 fully saturated rings. The van der Waals surface area contributed by atoms with Gasteiger partial charge in [-0.3, -0.25) is 9.59 Å². The fourth-order valence-electron chi connectivity index (χ4n) is 1.54. The van der Waals surface area contributed by atoms with E-state index in [1.54, 1.807) is 0 Å². The van der Waals surface area contributed by atoms with Gasteiger partial charge in [0.1, 0.15) is 10.9 Å². The van der Waals surface area contributed by atoms with Gasteiger partial charge in [0.15, 0.2) is 0 Å². The molecule has 0 aromatic carbocycles. The van der Waals surface area contributed by atoms with Crippen molar-refractivity contribution in [3.8, 4) is 0 Å². The smallest absolute Gasteiger partial charge is 0.323 e. The molecule has 0 aromatic rings. The highest BCUT2D eigenvalue weighted by Crippen LogP contribution is 2.53. The number of hydrogen-bond acceptors (Lipinski definition) is 2. The number of aliphatic carboxylic acids is 1. The second-order valence-corrected chi connectivity index (χ2v) is 6.07. The Bertz CT molecular complexity index is 304. The molecular weight excluding hydrogens is 253 g/mol. The normalized spacial score (nSPS) is 21.9. The lowest BCUT2D eigenvalue weighted by Crippen LogP contribution is -2.39. The van der Waals surface area contributed by atoms with Crippen LogP contribution in [0.3, 0.4) is 0 Å². The summed E-state index contributed by atoms with van der Waals surface area (Å²) in [6.07, 6.45) is 0.406. The van der Waals surface area contributed by atoms with Gasteiger partial charge >= 0.3 is 5.97 Å². The summed E-state index contributed by atoms with van der Waals surface area (Å²) >= 11 is 11.6. The first-order valence-electron chi connectivity index (χ1n) is 5.12. The lowest BCUT2D eigenvalue weighted by atomic mass is 10.2. The fourth-order valence-corrected chi connectivity index (χ4v) is 2.03. The fraction of sp³-hybridized carbons (Fsp3) is 0.800. The molecule has 0 aromatic heterocycles. The molecule has 0 radical (unpaired) electrons. The highest BCUT2D eigenvalue weighted by molar-refractivity contribution is 6.52. The molecule has 0 bridgehead atoms. The number of carbonyl (C=O) groups excluding carboxylic acids is 1. The van der Waals surface area contributed by atoms with Gasteiger partial charge in [-0.1, -0.05) is 13.8 Å². The molecular formula is C10H15Cl2NO3. The van der Waals surface area contributed by atoms with Gasteiger partial charge < -0.3 is 10.0 Å². The minimum Gasteiger partial charge on any atom is -0.480 e. The van der Waals surface area contributed by atoms with E-state index in [1.807, 2.05) is 13.8 Å². The van der Waals surface area contributed by atoms with Gasteiger partial charge in [0.05, 0.1) is 5.92 Å². The number of hydrogen-bond donors (Lipinski definition) is 1.